The molecule has 0 unspecified atom stereocenters. The molecule has 0 spiro atoms. The number of pyridine rings is 1. The second-order valence-corrected chi connectivity index (χ2v) is 6.08. The van der Waals surface area contributed by atoms with Crippen molar-refractivity contribution in [3.05, 3.63) is 30.2 Å². The molecule has 0 N–H and O–H groups in total. The van der Waals surface area contributed by atoms with Crippen LogP contribution in [-0.4, -0.2) is 26.2 Å². The SMILES string of the molecule is CC(C)(C)OC(=O)C(C)(C)c1nnc2ccccn12. The van der Waals surface area contributed by atoms with Gasteiger partial charge in [0.2, 0.25) is 0 Å². The van der Waals surface area contributed by atoms with Gasteiger partial charge in [0.05, 0.1) is 0 Å². The number of hydrogen-bond acceptors (Lipinski definition) is 4. The molecule has 102 valence electrons. The number of nitrogens with zero attached hydrogens (tertiary/aromatic N) is 3. The molecule has 0 bridgehead atoms. The molecule has 0 radical (unpaired) electrons. The van der Waals surface area contributed by atoms with Gasteiger partial charge in [-0.25, -0.2) is 0 Å². The van der Waals surface area contributed by atoms with Crippen LogP contribution in [0, 0.1) is 0 Å². The van der Waals surface area contributed by atoms with Gasteiger partial charge in [0.15, 0.2) is 11.5 Å². The third kappa shape index (κ3) is 2.59. The van der Waals surface area contributed by atoms with Crippen LogP contribution in [0.25, 0.3) is 5.65 Å². The van der Waals surface area contributed by atoms with Crippen molar-refractivity contribution in [1.82, 2.24) is 14.6 Å². The lowest BCUT2D eigenvalue weighted by Crippen LogP contribution is -2.38. The van der Waals surface area contributed by atoms with Crippen molar-refractivity contribution >= 4 is 11.6 Å². The molecule has 5 heteroatoms. The second-order valence-electron chi connectivity index (χ2n) is 6.08. The summed E-state index contributed by atoms with van der Waals surface area (Å²) in [5, 5.41) is 8.20. The Kier molecular flexibility index (Phi) is 3.08. The van der Waals surface area contributed by atoms with Crippen LogP contribution >= 0.6 is 0 Å². The van der Waals surface area contributed by atoms with Crippen LogP contribution in [-0.2, 0) is 14.9 Å². The van der Waals surface area contributed by atoms with Gasteiger partial charge in [0.1, 0.15) is 11.0 Å². The standard InChI is InChI=1S/C14H19N3O2/c1-13(2,3)19-12(18)14(4,5)11-16-15-10-8-6-7-9-17(10)11/h6-9H,1-5H3. The van der Waals surface area contributed by atoms with Crippen LogP contribution in [0.3, 0.4) is 0 Å². The van der Waals surface area contributed by atoms with Crippen LogP contribution in [0.5, 0.6) is 0 Å². The van der Waals surface area contributed by atoms with E-state index in [1.165, 1.54) is 0 Å². The molecule has 0 aliphatic carbocycles. The smallest absolute Gasteiger partial charge is 0.319 e. The summed E-state index contributed by atoms with van der Waals surface area (Å²) >= 11 is 0. The first-order valence-electron chi connectivity index (χ1n) is 6.25. The van der Waals surface area contributed by atoms with Gasteiger partial charge in [0, 0.05) is 6.20 Å². The minimum atomic E-state index is -0.853. The molecule has 2 heterocycles. The third-order valence-corrected chi connectivity index (χ3v) is 2.78. The summed E-state index contributed by atoms with van der Waals surface area (Å²) in [6.07, 6.45) is 1.84. The van der Waals surface area contributed by atoms with Crippen LogP contribution in [0.1, 0.15) is 40.4 Å². The van der Waals surface area contributed by atoms with Crippen molar-refractivity contribution in [2.45, 2.75) is 45.6 Å². The number of carbonyl (C=O) groups excluding carboxylic acids is 1. The molecule has 0 saturated carbocycles. The Hall–Kier alpha value is -1.91. The van der Waals surface area contributed by atoms with Crippen molar-refractivity contribution in [3.8, 4) is 0 Å². The number of carbonyl (C=O) groups is 1. The topological polar surface area (TPSA) is 56.5 Å². The molecule has 0 amide bonds. The molecule has 19 heavy (non-hydrogen) atoms. The minimum absolute atomic E-state index is 0.307. The number of fused-ring (bicyclic) bond motifs is 1. The summed E-state index contributed by atoms with van der Waals surface area (Å²) in [5.74, 6) is 0.274. The van der Waals surface area contributed by atoms with E-state index in [-0.39, 0.29) is 5.97 Å². The molecule has 2 aromatic heterocycles. The summed E-state index contributed by atoms with van der Waals surface area (Å²) < 4.78 is 7.26. The Morgan fingerprint density at radius 2 is 1.84 bits per heavy atom. The van der Waals surface area contributed by atoms with Crippen LogP contribution in [0.4, 0.5) is 0 Å². The van der Waals surface area contributed by atoms with Gasteiger partial charge in [-0.1, -0.05) is 6.07 Å². The number of aromatic nitrogens is 3. The third-order valence-electron chi connectivity index (χ3n) is 2.78. The summed E-state index contributed by atoms with van der Waals surface area (Å²) in [7, 11) is 0. The van der Waals surface area contributed by atoms with E-state index in [2.05, 4.69) is 10.2 Å². The maximum atomic E-state index is 12.3. The van der Waals surface area contributed by atoms with E-state index >= 15 is 0 Å². The Morgan fingerprint density at radius 1 is 1.16 bits per heavy atom. The summed E-state index contributed by atoms with van der Waals surface area (Å²) in [4.78, 5) is 12.3. The van der Waals surface area contributed by atoms with E-state index in [1.54, 1.807) is 13.8 Å². The fraction of sp³-hybridized carbons (Fsp3) is 0.500. The van der Waals surface area contributed by atoms with Crippen molar-refractivity contribution in [1.29, 1.82) is 0 Å². The molecule has 2 rings (SSSR count). The Bertz CT molecular complexity index is 608. The van der Waals surface area contributed by atoms with Crippen molar-refractivity contribution in [2.24, 2.45) is 0 Å². The van der Waals surface area contributed by atoms with Crippen molar-refractivity contribution in [2.75, 3.05) is 0 Å². The molecular formula is C14H19N3O2. The summed E-state index contributed by atoms with van der Waals surface area (Å²) in [6.45, 7) is 9.14. The fourth-order valence-corrected chi connectivity index (χ4v) is 1.76. The zero-order chi connectivity index (χ0) is 14.3. The highest BCUT2D eigenvalue weighted by molar-refractivity contribution is 5.81. The monoisotopic (exact) mass is 261 g/mol. The molecule has 2 aromatic rings. The van der Waals surface area contributed by atoms with Crippen molar-refractivity contribution in [3.63, 3.8) is 0 Å². The van der Waals surface area contributed by atoms with E-state index in [4.69, 9.17) is 4.74 Å². The molecule has 5 nitrogen and oxygen atoms in total. The van der Waals surface area contributed by atoms with Crippen LogP contribution in [0.15, 0.2) is 24.4 Å². The highest BCUT2D eigenvalue weighted by atomic mass is 16.6. The number of ether oxygens (including phenoxy) is 1. The number of hydrogen-bond donors (Lipinski definition) is 0. The molecule has 0 atom stereocenters. The van der Waals surface area contributed by atoms with E-state index in [9.17, 15) is 4.79 Å². The maximum absolute atomic E-state index is 12.3. The van der Waals surface area contributed by atoms with Gasteiger partial charge < -0.3 is 4.74 Å². The van der Waals surface area contributed by atoms with Crippen LogP contribution < -0.4 is 0 Å². The molecule has 0 aliphatic rings. The molecule has 0 fully saturated rings. The zero-order valence-electron chi connectivity index (χ0n) is 12.0. The lowest BCUT2D eigenvalue weighted by atomic mass is 9.92. The normalized spacial score (nSPS) is 12.7. The molecule has 0 aromatic carbocycles. The first-order chi connectivity index (χ1) is 8.72. The molecular weight excluding hydrogens is 242 g/mol. The quantitative estimate of drug-likeness (QED) is 0.779. The Morgan fingerprint density at radius 3 is 2.47 bits per heavy atom. The van der Waals surface area contributed by atoms with Gasteiger partial charge >= 0.3 is 5.97 Å². The summed E-state index contributed by atoms with van der Waals surface area (Å²) in [6, 6.07) is 5.61. The Balaban J connectivity index is 2.41. The number of rotatable bonds is 2. The average Bonchev–Trinajstić information content (AvgIpc) is 2.70. The van der Waals surface area contributed by atoms with Gasteiger partial charge in [-0.3, -0.25) is 9.20 Å². The van der Waals surface area contributed by atoms with E-state index in [0.29, 0.717) is 11.5 Å². The van der Waals surface area contributed by atoms with E-state index in [0.717, 1.165) is 0 Å². The predicted octanol–water partition coefficient (Wildman–Crippen LogP) is 2.35. The minimum Gasteiger partial charge on any atom is -0.459 e. The zero-order valence-corrected chi connectivity index (χ0v) is 12.0. The van der Waals surface area contributed by atoms with Gasteiger partial charge in [0.25, 0.3) is 0 Å². The maximum Gasteiger partial charge on any atom is 0.319 e. The highest BCUT2D eigenvalue weighted by Gasteiger charge is 2.38. The lowest BCUT2D eigenvalue weighted by molar-refractivity contribution is -0.161. The van der Waals surface area contributed by atoms with Crippen LogP contribution in [0.2, 0.25) is 0 Å². The first kappa shape index (κ1) is 13.5. The molecule has 0 aliphatic heterocycles. The lowest BCUT2D eigenvalue weighted by Gasteiger charge is -2.27. The van der Waals surface area contributed by atoms with Gasteiger partial charge in [-0.2, -0.15) is 0 Å². The first-order valence-corrected chi connectivity index (χ1v) is 6.25. The average molecular weight is 261 g/mol. The van der Waals surface area contributed by atoms with E-state index < -0.39 is 11.0 Å². The summed E-state index contributed by atoms with van der Waals surface area (Å²) in [5.41, 5.74) is -0.655. The largest absolute Gasteiger partial charge is 0.459 e. The Labute approximate surface area is 112 Å². The van der Waals surface area contributed by atoms with E-state index in [1.807, 2.05) is 49.6 Å². The molecule has 0 saturated heterocycles. The van der Waals surface area contributed by atoms with Gasteiger partial charge in [-0.05, 0) is 46.8 Å². The fourth-order valence-electron chi connectivity index (χ4n) is 1.76. The van der Waals surface area contributed by atoms with Crippen molar-refractivity contribution < 1.29 is 9.53 Å². The van der Waals surface area contributed by atoms with Gasteiger partial charge in [-0.15, -0.1) is 10.2 Å². The highest BCUT2D eigenvalue weighted by Crippen LogP contribution is 2.26. The second kappa shape index (κ2) is 4.33. The predicted molar refractivity (Wildman–Crippen MR) is 71.9 cm³/mol. The number of esters is 1.